The molecule has 4 heteroatoms. The molecule has 1 aromatic rings. The third-order valence-corrected chi connectivity index (χ3v) is 3.03. The predicted octanol–water partition coefficient (Wildman–Crippen LogP) is 1.30. The van der Waals surface area contributed by atoms with Crippen molar-refractivity contribution < 1.29 is 5.11 Å². The van der Waals surface area contributed by atoms with E-state index in [4.69, 9.17) is 0 Å². The minimum atomic E-state index is -0.644. The first-order valence-corrected chi connectivity index (χ1v) is 5.47. The first-order chi connectivity index (χ1) is 7.06. The summed E-state index contributed by atoms with van der Waals surface area (Å²) < 4.78 is 0. The van der Waals surface area contributed by atoms with E-state index in [1.54, 1.807) is 6.20 Å². The predicted molar refractivity (Wildman–Crippen MR) is 60.4 cm³/mol. The first-order valence-electron chi connectivity index (χ1n) is 5.47. The lowest BCUT2D eigenvalue weighted by atomic mass is 9.89. The molecule has 0 spiro atoms. The monoisotopic (exact) mass is 211 g/mol. The van der Waals surface area contributed by atoms with Crippen molar-refractivity contribution in [3.63, 3.8) is 0 Å². The molecular formula is C11H21N3O. The summed E-state index contributed by atoms with van der Waals surface area (Å²) in [4.78, 5) is 0. The van der Waals surface area contributed by atoms with Gasteiger partial charge in [0, 0.05) is 25.0 Å². The quantitative estimate of drug-likeness (QED) is 0.664. The average Bonchev–Trinajstić information content (AvgIpc) is 2.69. The van der Waals surface area contributed by atoms with Gasteiger partial charge in [0.05, 0.1) is 5.60 Å². The highest BCUT2D eigenvalue weighted by Gasteiger charge is 2.26. The summed E-state index contributed by atoms with van der Waals surface area (Å²) in [5.41, 5.74) is 0.393. The maximum absolute atomic E-state index is 10.1. The summed E-state index contributed by atoms with van der Waals surface area (Å²) in [7, 11) is 0. The van der Waals surface area contributed by atoms with E-state index in [1.807, 2.05) is 13.0 Å². The molecular weight excluding hydrogens is 190 g/mol. The van der Waals surface area contributed by atoms with Crippen molar-refractivity contribution in [3.05, 3.63) is 18.0 Å². The third kappa shape index (κ3) is 3.64. The van der Waals surface area contributed by atoms with Crippen molar-refractivity contribution >= 4 is 0 Å². The van der Waals surface area contributed by atoms with E-state index >= 15 is 0 Å². The van der Waals surface area contributed by atoms with Gasteiger partial charge in [-0.3, -0.25) is 5.10 Å². The van der Waals surface area contributed by atoms with Crippen molar-refractivity contribution in [2.24, 2.45) is 5.92 Å². The van der Waals surface area contributed by atoms with Gasteiger partial charge in [0.1, 0.15) is 0 Å². The minimum Gasteiger partial charge on any atom is -0.389 e. The molecule has 0 fully saturated rings. The highest BCUT2D eigenvalue weighted by Crippen LogP contribution is 2.18. The smallest absolute Gasteiger partial charge is 0.0768 e. The number of H-pyrrole nitrogens is 1. The average molecular weight is 211 g/mol. The van der Waals surface area contributed by atoms with E-state index in [1.165, 1.54) is 0 Å². The van der Waals surface area contributed by atoms with Crippen LogP contribution in [0.5, 0.6) is 0 Å². The van der Waals surface area contributed by atoms with Crippen LogP contribution in [-0.4, -0.2) is 27.4 Å². The van der Waals surface area contributed by atoms with Gasteiger partial charge in [-0.05, 0) is 18.9 Å². The summed E-state index contributed by atoms with van der Waals surface area (Å²) in [6.07, 6.45) is 2.71. The number of hydrogen-bond acceptors (Lipinski definition) is 3. The van der Waals surface area contributed by atoms with Crippen molar-refractivity contribution in [2.75, 3.05) is 6.54 Å². The van der Waals surface area contributed by atoms with Crippen LogP contribution in [0.3, 0.4) is 0 Å². The molecule has 2 atom stereocenters. The fraction of sp³-hybridized carbons (Fsp3) is 0.727. The maximum atomic E-state index is 10.1. The Morgan fingerprint density at radius 3 is 2.93 bits per heavy atom. The zero-order chi connectivity index (χ0) is 11.3. The number of aliphatic hydroxyl groups is 1. The van der Waals surface area contributed by atoms with Gasteiger partial charge < -0.3 is 10.4 Å². The Labute approximate surface area is 91.1 Å². The van der Waals surface area contributed by atoms with Crippen LogP contribution >= 0.6 is 0 Å². The van der Waals surface area contributed by atoms with Crippen molar-refractivity contribution in [2.45, 2.75) is 39.3 Å². The molecule has 4 nitrogen and oxygen atoms in total. The summed E-state index contributed by atoms with van der Waals surface area (Å²) in [5, 5.41) is 20.1. The number of nitrogens with zero attached hydrogens (tertiary/aromatic N) is 1. The van der Waals surface area contributed by atoms with Crippen molar-refractivity contribution in [1.29, 1.82) is 0 Å². The largest absolute Gasteiger partial charge is 0.389 e. The standard InChI is InChI=1S/C11H21N3O/c1-4-9(2)11(3,15)8-12-7-10-5-6-13-14-10/h5-6,9,12,15H,4,7-8H2,1-3H3,(H,13,14). The van der Waals surface area contributed by atoms with Crippen LogP contribution in [0.25, 0.3) is 0 Å². The molecule has 1 heterocycles. The lowest BCUT2D eigenvalue weighted by Gasteiger charge is -2.29. The molecule has 0 aliphatic rings. The van der Waals surface area contributed by atoms with E-state index in [0.717, 1.165) is 12.1 Å². The van der Waals surface area contributed by atoms with Gasteiger partial charge in [0.25, 0.3) is 0 Å². The van der Waals surface area contributed by atoms with Crippen LogP contribution in [0.1, 0.15) is 32.9 Å². The molecule has 0 saturated heterocycles. The molecule has 0 aromatic carbocycles. The molecule has 0 bridgehead atoms. The molecule has 0 radical (unpaired) electrons. The van der Waals surface area contributed by atoms with Crippen molar-refractivity contribution in [3.8, 4) is 0 Å². The lowest BCUT2D eigenvalue weighted by Crippen LogP contribution is -2.42. The summed E-state index contributed by atoms with van der Waals surface area (Å²) in [6.45, 7) is 7.35. The van der Waals surface area contributed by atoms with Gasteiger partial charge in [-0.25, -0.2) is 0 Å². The zero-order valence-electron chi connectivity index (χ0n) is 9.75. The van der Waals surface area contributed by atoms with E-state index in [0.29, 0.717) is 19.0 Å². The SMILES string of the molecule is CCC(C)C(C)(O)CNCc1ccn[nH]1. The molecule has 1 aromatic heterocycles. The Kier molecular flexibility index (Phi) is 4.29. The molecule has 15 heavy (non-hydrogen) atoms. The van der Waals surface area contributed by atoms with Crippen LogP contribution in [0.15, 0.2) is 12.3 Å². The zero-order valence-corrected chi connectivity index (χ0v) is 9.75. The Balaban J connectivity index is 2.30. The Morgan fingerprint density at radius 2 is 2.40 bits per heavy atom. The molecule has 2 unspecified atom stereocenters. The molecule has 86 valence electrons. The minimum absolute atomic E-state index is 0.298. The highest BCUT2D eigenvalue weighted by atomic mass is 16.3. The Bertz CT molecular complexity index is 269. The van der Waals surface area contributed by atoms with E-state index < -0.39 is 5.60 Å². The second-order valence-electron chi connectivity index (χ2n) is 4.35. The van der Waals surface area contributed by atoms with Gasteiger partial charge in [-0.15, -0.1) is 0 Å². The molecule has 0 aliphatic carbocycles. The summed E-state index contributed by atoms with van der Waals surface area (Å²) >= 11 is 0. The van der Waals surface area contributed by atoms with Gasteiger partial charge in [-0.1, -0.05) is 20.3 Å². The van der Waals surface area contributed by atoms with Crippen molar-refractivity contribution in [1.82, 2.24) is 15.5 Å². The number of nitrogens with one attached hydrogen (secondary N) is 2. The van der Waals surface area contributed by atoms with E-state index in [-0.39, 0.29) is 0 Å². The second-order valence-corrected chi connectivity index (χ2v) is 4.35. The molecule has 0 aliphatic heterocycles. The Morgan fingerprint density at radius 1 is 1.67 bits per heavy atom. The number of aromatic amines is 1. The lowest BCUT2D eigenvalue weighted by molar-refractivity contribution is 0.00529. The van der Waals surface area contributed by atoms with Crippen LogP contribution in [-0.2, 0) is 6.54 Å². The maximum Gasteiger partial charge on any atom is 0.0768 e. The molecule has 3 N–H and O–H groups in total. The third-order valence-electron chi connectivity index (χ3n) is 3.03. The molecule has 1 rings (SSSR count). The van der Waals surface area contributed by atoms with Gasteiger partial charge in [-0.2, -0.15) is 5.10 Å². The summed E-state index contributed by atoms with van der Waals surface area (Å²) in [5.74, 6) is 0.298. The molecule has 0 saturated carbocycles. The topological polar surface area (TPSA) is 60.9 Å². The summed E-state index contributed by atoms with van der Waals surface area (Å²) in [6, 6.07) is 1.92. The number of rotatable bonds is 6. The number of aromatic nitrogens is 2. The first kappa shape index (κ1) is 12.2. The van der Waals surface area contributed by atoms with E-state index in [9.17, 15) is 5.11 Å². The van der Waals surface area contributed by atoms with Gasteiger partial charge in [0.2, 0.25) is 0 Å². The highest BCUT2D eigenvalue weighted by molar-refractivity contribution is 4.97. The van der Waals surface area contributed by atoms with Crippen LogP contribution in [0, 0.1) is 5.92 Å². The second kappa shape index (κ2) is 5.28. The van der Waals surface area contributed by atoms with Crippen LogP contribution in [0.2, 0.25) is 0 Å². The fourth-order valence-corrected chi connectivity index (χ4v) is 1.45. The number of hydrogen-bond donors (Lipinski definition) is 3. The normalized spacial score (nSPS) is 17.3. The van der Waals surface area contributed by atoms with Gasteiger partial charge >= 0.3 is 0 Å². The fourth-order valence-electron chi connectivity index (χ4n) is 1.45. The van der Waals surface area contributed by atoms with Crippen LogP contribution in [0.4, 0.5) is 0 Å². The Hall–Kier alpha value is -0.870. The van der Waals surface area contributed by atoms with Gasteiger partial charge in [0.15, 0.2) is 0 Å². The van der Waals surface area contributed by atoms with Crippen LogP contribution < -0.4 is 5.32 Å². The molecule has 0 amide bonds. The van der Waals surface area contributed by atoms with E-state index in [2.05, 4.69) is 29.4 Å².